The molecule has 1 unspecified atom stereocenters. The van der Waals surface area contributed by atoms with E-state index in [2.05, 4.69) is 0 Å². The van der Waals surface area contributed by atoms with Gasteiger partial charge in [-0.3, -0.25) is 9.59 Å². The Bertz CT molecular complexity index is 961. The molecule has 0 spiro atoms. The minimum Gasteiger partial charge on any atom is -0.503 e. The van der Waals surface area contributed by atoms with Crippen molar-refractivity contribution in [3.8, 4) is 0 Å². The summed E-state index contributed by atoms with van der Waals surface area (Å²) in [5, 5.41) is 11.4. The van der Waals surface area contributed by atoms with Crippen molar-refractivity contribution in [3.63, 3.8) is 0 Å². The Kier molecular flexibility index (Phi) is 5.55. The molecule has 1 heterocycles. The first-order valence-corrected chi connectivity index (χ1v) is 9.64. The topological polar surface area (TPSA) is 57.6 Å². The number of Topliss-reactive ketones (excluding diaryl/α,β-unsaturated/α-hetero) is 1. The highest BCUT2D eigenvalue weighted by molar-refractivity contribution is 6.35. The summed E-state index contributed by atoms with van der Waals surface area (Å²) in [5.74, 6) is -1.41. The third-order valence-electron chi connectivity index (χ3n) is 4.68. The molecular formula is C22H21Cl2NO3. The van der Waals surface area contributed by atoms with E-state index in [1.165, 1.54) is 4.90 Å². The van der Waals surface area contributed by atoms with Gasteiger partial charge in [-0.2, -0.15) is 0 Å². The summed E-state index contributed by atoms with van der Waals surface area (Å²) in [6.07, 6.45) is 0. The number of aliphatic hydroxyl groups is 1. The third kappa shape index (κ3) is 3.80. The van der Waals surface area contributed by atoms with Gasteiger partial charge in [-0.25, -0.2) is 0 Å². The average Bonchev–Trinajstić information content (AvgIpc) is 2.86. The van der Waals surface area contributed by atoms with Crippen molar-refractivity contribution in [2.75, 3.05) is 0 Å². The molecule has 0 aromatic heterocycles. The summed E-state index contributed by atoms with van der Waals surface area (Å²) >= 11 is 12.4. The van der Waals surface area contributed by atoms with Crippen LogP contribution >= 0.6 is 23.2 Å². The number of hydrogen-bond donors (Lipinski definition) is 1. The minimum atomic E-state index is -0.788. The van der Waals surface area contributed by atoms with Gasteiger partial charge in [0.25, 0.3) is 5.91 Å². The predicted molar refractivity (Wildman–Crippen MR) is 110 cm³/mol. The number of rotatable bonds is 4. The number of amides is 1. The molecule has 1 aliphatic heterocycles. The molecule has 0 radical (unpaired) electrons. The molecule has 1 atom stereocenters. The Morgan fingerprint density at radius 2 is 1.75 bits per heavy atom. The molecule has 0 fully saturated rings. The first-order valence-electron chi connectivity index (χ1n) is 8.89. The Labute approximate surface area is 174 Å². The molecule has 0 aliphatic carbocycles. The second kappa shape index (κ2) is 7.61. The van der Waals surface area contributed by atoms with E-state index in [1.807, 2.05) is 30.3 Å². The number of ketones is 1. The van der Waals surface area contributed by atoms with E-state index in [0.717, 1.165) is 5.56 Å². The minimum absolute atomic E-state index is 0.0673. The molecule has 0 saturated heterocycles. The van der Waals surface area contributed by atoms with Crippen molar-refractivity contribution >= 4 is 34.9 Å². The van der Waals surface area contributed by atoms with Crippen LogP contribution in [0.15, 0.2) is 59.9 Å². The van der Waals surface area contributed by atoms with E-state index in [1.54, 1.807) is 39.0 Å². The Balaban J connectivity index is 2.15. The van der Waals surface area contributed by atoms with Gasteiger partial charge in [-0.05, 0) is 23.3 Å². The number of carbonyl (C=O) groups is 2. The Morgan fingerprint density at radius 3 is 2.32 bits per heavy atom. The molecule has 0 saturated carbocycles. The van der Waals surface area contributed by atoms with Crippen molar-refractivity contribution in [1.82, 2.24) is 4.90 Å². The molecular weight excluding hydrogens is 397 g/mol. The van der Waals surface area contributed by atoms with Crippen LogP contribution in [0, 0.1) is 5.41 Å². The summed E-state index contributed by atoms with van der Waals surface area (Å²) in [6, 6.07) is 13.5. The standard InChI is InChI=1S/C22H21Cl2NO3/c1-22(2,3)20(27)17-18(15-10-9-14(23)11-16(15)24)25(21(28)19(17)26)12-13-7-5-4-6-8-13/h4-11,18,26H,12H2,1-3H3. The lowest BCUT2D eigenvalue weighted by Crippen LogP contribution is -2.32. The van der Waals surface area contributed by atoms with Gasteiger partial charge >= 0.3 is 0 Å². The molecule has 146 valence electrons. The van der Waals surface area contributed by atoms with Crippen molar-refractivity contribution in [3.05, 3.63) is 81.0 Å². The van der Waals surface area contributed by atoms with Gasteiger partial charge in [0, 0.05) is 22.0 Å². The lowest BCUT2D eigenvalue weighted by Gasteiger charge is -2.29. The summed E-state index contributed by atoms with van der Waals surface area (Å²) in [5.41, 5.74) is 0.719. The van der Waals surface area contributed by atoms with Crippen LogP contribution in [0.2, 0.25) is 10.0 Å². The average molecular weight is 418 g/mol. The zero-order valence-corrected chi connectivity index (χ0v) is 17.4. The monoisotopic (exact) mass is 417 g/mol. The van der Waals surface area contributed by atoms with Gasteiger partial charge in [0.15, 0.2) is 11.5 Å². The smallest absolute Gasteiger partial charge is 0.290 e. The van der Waals surface area contributed by atoms with Crippen LogP contribution in [0.5, 0.6) is 0 Å². The summed E-state index contributed by atoms with van der Waals surface area (Å²) in [6.45, 7) is 5.48. The quantitative estimate of drug-likeness (QED) is 0.713. The number of halogens is 2. The molecule has 6 heteroatoms. The van der Waals surface area contributed by atoms with Gasteiger partial charge in [0.1, 0.15) is 0 Å². The van der Waals surface area contributed by atoms with E-state index < -0.39 is 23.1 Å². The van der Waals surface area contributed by atoms with Crippen molar-refractivity contribution in [2.24, 2.45) is 5.41 Å². The van der Waals surface area contributed by atoms with E-state index in [9.17, 15) is 14.7 Å². The van der Waals surface area contributed by atoms with Gasteiger partial charge in [-0.15, -0.1) is 0 Å². The maximum atomic E-state index is 13.1. The zero-order chi connectivity index (χ0) is 20.6. The number of hydrogen-bond acceptors (Lipinski definition) is 3. The fraction of sp³-hybridized carbons (Fsp3) is 0.273. The van der Waals surface area contributed by atoms with Crippen LogP contribution in [-0.4, -0.2) is 21.7 Å². The fourth-order valence-electron chi connectivity index (χ4n) is 3.28. The first-order chi connectivity index (χ1) is 13.1. The largest absolute Gasteiger partial charge is 0.503 e. The fourth-order valence-corrected chi connectivity index (χ4v) is 3.79. The Morgan fingerprint density at radius 1 is 1.11 bits per heavy atom. The van der Waals surface area contributed by atoms with Crippen LogP contribution < -0.4 is 0 Å². The molecule has 2 aromatic rings. The second-order valence-electron chi connectivity index (χ2n) is 7.83. The highest BCUT2D eigenvalue weighted by Crippen LogP contribution is 2.44. The number of benzene rings is 2. The van der Waals surface area contributed by atoms with E-state index in [-0.39, 0.29) is 17.9 Å². The van der Waals surface area contributed by atoms with Crippen LogP contribution in [0.25, 0.3) is 0 Å². The lowest BCUT2D eigenvalue weighted by atomic mass is 9.82. The van der Waals surface area contributed by atoms with E-state index in [4.69, 9.17) is 23.2 Å². The summed E-state index contributed by atoms with van der Waals surface area (Å²) in [7, 11) is 0. The van der Waals surface area contributed by atoms with E-state index >= 15 is 0 Å². The third-order valence-corrected chi connectivity index (χ3v) is 5.24. The SMILES string of the molecule is CC(C)(C)C(=O)C1=C(O)C(=O)N(Cc2ccccc2)C1c1ccc(Cl)cc1Cl. The first kappa shape index (κ1) is 20.4. The van der Waals surface area contributed by atoms with Crippen molar-refractivity contribution < 1.29 is 14.7 Å². The second-order valence-corrected chi connectivity index (χ2v) is 8.67. The maximum Gasteiger partial charge on any atom is 0.290 e. The maximum absolute atomic E-state index is 13.1. The van der Waals surface area contributed by atoms with Crippen molar-refractivity contribution in [1.29, 1.82) is 0 Å². The Hall–Kier alpha value is -2.30. The normalized spacial score (nSPS) is 17.4. The molecule has 2 aromatic carbocycles. The molecule has 1 N–H and O–H groups in total. The highest BCUT2D eigenvalue weighted by Gasteiger charge is 2.46. The van der Waals surface area contributed by atoms with Gasteiger partial charge in [-0.1, -0.05) is 80.4 Å². The summed E-state index contributed by atoms with van der Waals surface area (Å²) < 4.78 is 0. The van der Waals surface area contributed by atoms with Gasteiger partial charge in [0.2, 0.25) is 0 Å². The molecule has 4 nitrogen and oxygen atoms in total. The van der Waals surface area contributed by atoms with E-state index in [0.29, 0.717) is 15.6 Å². The molecule has 1 aliphatic rings. The highest BCUT2D eigenvalue weighted by atomic mass is 35.5. The molecule has 3 rings (SSSR count). The van der Waals surface area contributed by atoms with Crippen LogP contribution in [-0.2, 0) is 16.1 Å². The number of aliphatic hydroxyl groups excluding tert-OH is 1. The van der Waals surface area contributed by atoms with Crippen LogP contribution in [0.1, 0.15) is 37.9 Å². The summed E-state index contributed by atoms with van der Waals surface area (Å²) in [4.78, 5) is 27.5. The molecule has 28 heavy (non-hydrogen) atoms. The van der Waals surface area contributed by atoms with Crippen LogP contribution in [0.3, 0.4) is 0 Å². The number of nitrogens with zero attached hydrogens (tertiary/aromatic N) is 1. The van der Waals surface area contributed by atoms with Crippen molar-refractivity contribution in [2.45, 2.75) is 33.4 Å². The predicted octanol–water partition coefficient (Wildman–Crippen LogP) is 5.50. The van der Waals surface area contributed by atoms with Crippen LogP contribution in [0.4, 0.5) is 0 Å². The van der Waals surface area contributed by atoms with Gasteiger partial charge < -0.3 is 10.0 Å². The lowest BCUT2D eigenvalue weighted by molar-refractivity contribution is -0.130. The number of carbonyl (C=O) groups excluding carboxylic acids is 2. The molecule has 0 bridgehead atoms. The molecule has 1 amide bonds. The van der Waals surface area contributed by atoms with Gasteiger partial charge in [0.05, 0.1) is 11.6 Å². The zero-order valence-electron chi connectivity index (χ0n) is 15.9.